The molecule has 0 radical (unpaired) electrons. The number of hydrogen-bond acceptors (Lipinski definition) is 3. The van der Waals surface area contributed by atoms with Gasteiger partial charge in [0, 0.05) is 11.6 Å². The first-order valence-electron chi connectivity index (χ1n) is 6.67. The van der Waals surface area contributed by atoms with Gasteiger partial charge in [-0.25, -0.2) is 0 Å². The number of ketones is 1. The summed E-state index contributed by atoms with van der Waals surface area (Å²) in [5.41, 5.74) is 0.768. The minimum Gasteiger partial charge on any atom is -0.494 e. The minimum absolute atomic E-state index is 0.187. The van der Waals surface area contributed by atoms with E-state index in [1.807, 2.05) is 38.2 Å². The Hall–Kier alpha value is -1.35. The van der Waals surface area contributed by atoms with Crippen molar-refractivity contribution in [1.82, 2.24) is 4.90 Å². The molecule has 0 N–H and O–H groups in total. The van der Waals surface area contributed by atoms with E-state index in [-0.39, 0.29) is 5.78 Å². The molecule has 0 unspecified atom stereocenters. The Bertz CT molecular complexity index is 395. The van der Waals surface area contributed by atoms with E-state index in [9.17, 15) is 4.79 Å². The SMILES string of the molecule is CCOc1ccc(C(=O)CN(C)C2CCC2)cc1. The van der Waals surface area contributed by atoms with Crippen LogP contribution in [0.15, 0.2) is 24.3 Å². The number of rotatable bonds is 6. The molecule has 0 bridgehead atoms. The molecule has 1 aromatic rings. The molecule has 18 heavy (non-hydrogen) atoms. The summed E-state index contributed by atoms with van der Waals surface area (Å²) >= 11 is 0. The van der Waals surface area contributed by atoms with Gasteiger partial charge in [0.25, 0.3) is 0 Å². The second kappa shape index (κ2) is 6.01. The van der Waals surface area contributed by atoms with Crippen LogP contribution in [0, 0.1) is 0 Å². The van der Waals surface area contributed by atoms with Gasteiger partial charge in [0.1, 0.15) is 5.75 Å². The molecule has 1 saturated carbocycles. The quantitative estimate of drug-likeness (QED) is 0.724. The molecule has 0 atom stereocenters. The first kappa shape index (κ1) is 13.1. The molecule has 0 saturated heterocycles. The van der Waals surface area contributed by atoms with Crippen molar-refractivity contribution in [2.75, 3.05) is 20.2 Å². The zero-order valence-corrected chi connectivity index (χ0v) is 11.2. The molecular formula is C15H21NO2. The average molecular weight is 247 g/mol. The topological polar surface area (TPSA) is 29.5 Å². The van der Waals surface area contributed by atoms with E-state index in [4.69, 9.17) is 4.74 Å². The van der Waals surface area contributed by atoms with Crippen molar-refractivity contribution in [3.8, 4) is 5.75 Å². The fourth-order valence-electron chi connectivity index (χ4n) is 2.18. The van der Waals surface area contributed by atoms with Crippen LogP contribution in [0.5, 0.6) is 5.75 Å². The van der Waals surface area contributed by atoms with Crippen LogP contribution < -0.4 is 4.74 Å². The molecule has 0 amide bonds. The van der Waals surface area contributed by atoms with E-state index in [2.05, 4.69) is 4.90 Å². The molecular weight excluding hydrogens is 226 g/mol. The Balaban J connectivity index is 1.91. The molecule has 1 aliphatic carbocycles. The lowest BCUT2D eigenvalue weighted by molar-refractivity contribution is 0.0870. The number of benzene rings is 1. The number of Topliss-reactive ketones (excluding diaryl/α,β-unsaturated/α-hetero) is 1. The summed E-state index contributed by atoms with van der Waals surface area (Å²) in [5, 5.41) is 0. The van der Waals surface area contributed by atoms with Gasteiger partial charge in [-0.3, -0.25) is 9.69 Å². The summed E-state index contributed by atoms with van der Waals surface area (Å²) in [7, 11) is 2.04. The third-order valence-corrected chi connectivity index (χ3v) is 3.58. The van der Waals surface area contributed by atoms with Crippen molar-refractivity contribution in [2.24, 2.45) is 0 Å². The van der Waals surface area contributed by atoms with Crippen molar-refractivity contribution in [2.45, 2.75) is 32.2 Å². The third-order valence-electron chi connectivity index (χ3n) is 3.58. The van der Waals surface area contributed by atoms with E-state index < -0.39 is 0 Å². The van der Waals surface area contributed by atoms with Gasteiger partial charge in [-0.15, -0.1) is 0 Å². The molecule has 1 aliphatic rings. The molecule has 0 aliphatic heterocycles. The summed E-state index contributed by atoms with van der Waals surface area (Å²) in [6.07, 6.45) is 3.76. The van der Waals surface area contributed by atoms with Crippen LogP contribution in [-0.2, 0) is 0 Å². The zero-order chi connectivity index (χ0) is 13.0. The van der Waals surface area contributed by atoms with Crippen molar-refractivity contribution in [1.29, 1.82) is 0 Å². The van der Waals surface area contributed by atoms with Crippen molar-refractivity contribution in [3.05, 3.63) is 29.8 Å². The number of carbonyl (C=O) groups excluding carboxylic acids is 1. The molecule has 2 rings (SSSR count). The van der Waals surface area contributed by atoms with Gasteiger partial charge in [0.05, 0.1) is 13.2 Å². The van der Waals surface area contributed by atoms with Gasteiger partial charge in [-0.1, -0.05) is 6.42 Å². The van der Waals surface area contributed by atoms with Gasteiger partial charge in [0.15, 0.2) is 5.78 Å². The maximum atomic E-state index is 12.1. The average Bonchev–Trinajstić information content (AvgIpc) is 2.27. The Morgan fingerprint density at radius 1 is 1.33 bits per heavy atom. The van der Waals surface area contributed by atoms with Crippen LogP contribution in [0.25, 0.3) is 0 Å². The van der Waals surface area contributed by atoms with E-state index in [0.717, 1.165) is 11.3 Å². The monoisotopic (exact) mass is 247 g/mol. The molecule has 1 aromatic carbocycles. The number of hydrogen-bond donors (Lipinski definition) is 0. The zero-order valence-electron chi connectivity index (χ0n) is 11.2. The lowest BCUT2D eigenvalue weighted by Crippen LogP contribution is -2.40. The number of ether oxygens (including phenoxy) is 1. The predicted octanol–water partition coefficient (Wildman–Crippen LogP) is 2.75. The second-order valence-corrected chi connectivity index (χ2v) is 4.88. The molecule has 0 heterocycles. The van der Waals surface area contributed by atoms with Crippen LogP contribution in [-0.4, -0.2) is 36.9 Å². The highest BCUT2D eigenvalue weighted by atomic mass is 16.5. The smallest absolute Gasteiger partial charge is 0.176 e. The van der Waals surface area contributed by atoms with E-state index in [0.29, 0.717) is 19.2 Å². The minimum atomic E-state index is 0.187. The lowest BCUT2D eigenvalue weighted by Gasteiger charge is -2.34. The number of nitrogens with zero attached hydrogens (tertiary/aromatic N) is 1. The highest BCUT2D eigenvalue weighted by Gasteiger charge is 2.23. The number of carbonyl (C=O) groups is 1. The van der Waals surface area contributed by atoms with Crippen molar-refractivity contribution >= 4 is 5.78 Å². The van der Waals surface area contributed by atoms with Crippen LogP contribution in [0.3, 0.4) is 0 Å². The maximum Gasteiger partial charge on any atom is 0.176 e. The summed E-state index contributed by atoms with van der Waals surface area (Å²) in [6, 6.07) is 8.03. The number of likely N-dealkylation sites (N-methyl/N-ethyl adjacent to an activating group) is 1. The maximum absolute atomic E-state index is 12.1. The summed E-state index contributed by atoms with van der Waals surface area (Å²) in [6.45, 7) is 3.11. The predicted molar refractivity (Wildman–Crippen MR) is 72.2 cm³/mol. The Morgan fingerprint density at radius 3 is 2.50 bits per heavy atom. The Morgan fingerprint density at radius 2 is 2.00 bits per heavy atom. The van der Waals surface area contributed by atoms with Crippen molar-refractivity contribution < 1.29 is 9.53 Å². The van der Waals surface area contributed by atoms with Crippen LogP contribution in [0.2, 0.25) is 0 Å². The van der Waals surface area contributed by atoms with Crippen LogP contribution in [0.1, 0.15) is 36.5 Å². The van der Waals surface area contributed by atoms with E-state index in [1.54, 1.807) is 0 Å². The lowest BCUT2D eigenvalue weighted by atomic mass is 9.91. The fourth-order valence-corrected chi connectivity index (χ4v) is 2.18. The van der Waals surface area contributed by atoms with Gasteiger partial charge in [-0.05, 0) is 51.1 Å². The largest absolute Gasteiger partial charge is 0.494 e. The molecule has 0 aromatic heterocycles. The van der Waals surface area contributed by atoms with Gasteiger partial charge < -0.3 is 4.74 Å². The summed E-state index contributed by atoms with van der Waals surface area (Å²) < 4.78 is 5.36. The standard InChI is InChI=1S/C15H21NO2/c1-3-18-14-9-7-12(8-10-14)15(17)11-16(2)13-5-4-6-13/h7-10,13H,3-6,11H2,1-2H3. The van der Waals surface area contributed by atoms with Crippen LogP contribution >= 0.6 is 0 Å². The van der Waals surface area contributed by atoms with Gasteiger partial charge in [-0.2, -0.15) is 0 Å². The first-order chi connectivity index (χ1) is 8.70. The summed E-state index contributed by atoms with van der Waals surface area (Å²) in [5.74, 6) is 1.01. The first-order valence-corrected chi connectivity index (χ1v) is 6.67. The van der Waals surface area contributed by atoms with Gasteiger partial charge in [0.2, 0.25) is 0 Å². The van der Waals surface area contributed by atoms with E-state index >= 15 is 0 Å². The van der Waals surface area contributed by atoms with Gasteiger partial charge >= 0.3 is 0 Å². The Labute approximate surface area is 109 Å². The third kappa shape index (κ3) is 3.10. The van der Waals surface area contributed by atoms with E-state index in [1.165, 1.54) is 19.3 Å². The molecule has 1 fully saturated rings. The normalized spacial score (nSPS) is 15.5. The summed E-state index contributed by atoms with van der Waals surface area (Å²) in [4.78, 5) is 14.3. The molecule has 3 heteroatoms. The molecule has 98 valence electrons. The van der Waals surface area contributed by atoms with Crippen LogP contribution in [0.4, 0.5) is 0 Å². The highest BCUT2D eigenvalue weighted by Crippen LogP contribution is 2.23. The van der Waals surface area contributed by atoms with Crippen molar-refractivity contribution in [3.63, 3.8) is 0 Å². The molecule has 3 nitrogen and oxygen atoms in total. The fraction of sp³-hybridized carbons (Fsp3) is 0.533. The molecule has 0 spiro atoms. The Kier molecular flexibility index (Phi) is 4.37. The highest BCUT2D eigenvalue weighted by molar-refractivity contribution is 5.97. The second-order valence-electron chi connectivity index (χ2n) is 4.88.